The summed E-state index contributed by atoms with van der Waals surface area (Å²) in [6, 6.07) is 11.6. The topological polar surface area (TPSA) is 31.2 Å². The molecule has 0 N–H and O–H groups in total. The first kappa shape index (κ1) is 12.8. The van der Waals surface area contributed by atoms with Gasteiger partial charge in [0, 0.05) is 22.4 Å². The third kappa shape index (κ3) is 1.80. The van der Waals surface area contributed by atoms with Crippen molar-refractivity contribution in [1.82, 2.24) is 4.57 Å². The summed E-state index contributed by atoms with van der Waals surface area (Å²) in [7, 11) is 1.64. The summed E-state index contributed by atoms with van der Waals surface area (Å²) >= 11 is 5.36. The van der Waals surface area contributed by atoms with Crippen LogP contribution in [0, 0.1) is 0 Å². The summed E-state index contributed by atoms with van der Waals surface area (Å²) in [6.07, 6.45) is 0.848. The molecule has 100 valence electrons. The quantitative estimate of drug-likeness (QED) is 0.529. The van der Waals surface area contributed by atoms with Crippen LogP contribution < -0.4 is 4.74 Å². The monoisotopic (exact) mass is 283 g/mol. The Kier molecular flexibility index (Phi) is 3.03. The SMILES string of the molecule is COc1ccc2c3ccc(C=O)cc3n(C(C)=S)c2c1. The number of benzene rings is 2. The molecular formula is C16H13NO2S. The number of nitrogens with zero attached hydrogens (tertiary/aromatic N) is 1. The van der Waals surface area contributed by atoms with Gasteiger partial charge in [-0.25, -0.2) is 0 Å². The highest BCUT2D eigenvalue weighted by molar-refractivity contribution is 7.80. The first-order valence-corrected chi connectivity index (χ1v) is 6.65. The Labute approximate surface area is 121 Å². The number of carbonyl (C=O) groups excluding carboxylic acids is 1. The van der Waals surface area contributed by atoms with E-state index in [1.54, 1.807) is 7.11 Å². The predicted octanol–water partition coefficient (Wildman–Crippen LogP) is 3.81. The van der Waals surface area contributed by atoms with E-state index < -0.39 is 0 Å². The molecule has 0 aliphatic heterocycles. The van der Waals surface area contributed by atoms with E-state index in [4.69, 9.17) is 17.0 Å². The lowest BCUT2D eigenvalue weighted by Crippen LogP contribution is -2.03. The number of hydrogen-bond acceptors (Lipinski definition) is 3. The van der Waals surface area contributed by atoms with Crippen LogP contribution in [-0.4, -0.2) is 23.0 Å². The first-order chi connectivity index (χ1) is 9.65. The predicted molar refractivity (Wildman–Crippen MR) is 85.1 cm³/mol. The molecule has 4 heteroatoms. The molecule has 0 spiro atoms. The molecule has 0 saturated heterocycles. The minimum Gasteiger partial charge on any atom is -0.497 e. The fourth-order valence-corrected chi connectivity index (χ4v) is 2.75. The van der Waals surface area contributed by atoms with Gasteiger partial charge in [-0.1, -0.05) is 24.4 Å². The number of methoxy groups -OCH3 is 1. The Morgan fingerprint density at radius 1 is 1.15 bits per heavy atom. The van der Waals surface area contributed by atoms with E-state index in [9.17, 15) is 4.79 Å². The van der Waals surface area contributed by atoms with Gasteiger partial charge >= 0.3 is 0 Å². The van der Waals surface area contributed by atoms with E-state index in [1.165, 1.54) is 0 Å². The summed E-state index contributed by atoms with van der Waals surface area (Å²) < 4.78 is 7.27. The molecule has 2 aromatic carbocycles. The average Bonchev–Trinajstić information content (AvgIpc) is 2.79. The summed E-state index contributed by atoms with van der Waals surface area (Å²) in [4.78, 5) is 11.7. The van der Waals surface area contributed by atoms with Crippen LogP contribution in [-0.2, 0) is 0 Å². The van der Waals surface area contributed by atoms with E-state index >= 15 is 0 Å². The zero-order valence-corrected chi connectivity index (χ0v) is 12.0. The summed E-state index contributed by atoms with van der Waals surface area (Å²) in [5.41, 5.74) is 2.59. The molecule has 3 nitrogen and oxygen atoms in total. The van der Waals surface area contributed by atoms with Crippen molar-refractivity contribution in [3.05, 3.63) is 42.0 Å². The van der Waals surface area contributed by atoms with Crippen molar-refractivity contribution >= 4 is 45.3 Å². The van der Waals surface area contributed by atoms with Crippen molar-refractivity contribution in [2.45, 2.75) is 6.92 Å². The minimum atomic E-state index is 0.643. The van der Waals surface area contributed by atoms with Crippen LogP contribution >= 0.6 is 12.2 Å². The molecule has 0 radical (unpaired) electrons. The second-order valence-corrected chi connectivity index (χ2v) is 5.22. The smallest absolute Gasteiger partial charge is 0.150 e. The van der Waals surface area contributed by atoms with Gasteiger partial charge in [0.25, 0.3) is 0 Å². The lowest BCUT2D eigenvalue weighted by Gasteiger charge is -2.05. The molecule has 20 heavy (non-hydrogen) atoms. The van der Waals surface area contributed by atoms with E-state index in [2.05, 4.69) is 0 Å². The van der Waals surface area contributed by atoms with Gasteiger partial charge in [-0.2, -0.15) is 0 Å². The number of ether oxygens (including phenoxy) is 1. The zero-order valence-electron chi connectivity index (χ0n) is 11.2. The Morgan fingerprint density at radius 2 is 1.80 bits per heavy atom. The summed E-state index contributed by atoms with van der Waals surface area (Å²) in [5, 5.41) is 2.18. The van der Waals surface area contributed by atoms with Crippen LogP contribution in [0.3, 0.4) is 0 Å². The van der Waals surface area contributed by atoms with Crippen LogP contribution in [0.4, 0.5) is 0 Å². The number of rotatable bonds is 2. The summed E-state index contributed by atoms with van der Waals surface area (Å²) in [5.74, 6) is 0.786. The van der Waals surface area contributed by atoms with Crippen molar-refractivity contribution in [3.8, 4) is 5.75 Å². The molecule has 0 aliphatic carbocycles. The molecule has 1 heterocycles. The minimum absolute atomic E-state index is 0.643. The molecule has 0 atom stereocenters. The van der Waals surface area contributed by atoms with Crippen LogP contribution in [0.25, 0.3) is 21.8 Å². The lowest BCUT2D eigenvalue weighted by atomic mass is 10.1. The lowest BCUT2D eigenvalue weighted by molar-refractivity contribution is 0.112. The third-order valence-corrected chi connectivity index (χ3v) is 3.63. The van der Waals surface area contributed by atoms with Crippen molar-refractivity contribution in [3.63, 3.8) is 0 Å². The molecule has 0 amide bonds. The maximum Gasteiger partial charge on any atom is 0.150 e. The maximum atomic E-state index is 11.0. The highest BCUT2D eigenvalue weighted by Gasteiger charge is 2.13. The molecular weight excluding hydrogens is 270 g/mol. The Morgan fingerprint density at radius 3 is 2.40 bits per heavy atom. The second-order valence-electron chi connectivity index (χ2n) is 4.63. The van der Waals surface area contributed by atoms with Gasteiger partial charge in [0.1, 0.15) is 12.0 Å². The number of fused-ring (bicyclic) bond motifs is 3. The van der Waals surface area contributed by atoms with Gasteiger partial charge in [0.2, 0.25) is 0 Å². The van der Waals surface area contributed by atoms with Gasteiger partial charge < -0.3 is 9.30 Å². The molecule has 0 fully saturated rings. The highest BCUT2D eigenvalue weighted by atomic mass is 32.1. The van der Waals surface area contributed by atoms with Crippen LogP contribution in [0.5, 0.6) is 5.75 Å². The van der Waals surface area contributed by atoms with E-state index in [-0.39, 0.29) is 0 Å². The zero-order chi connectivity index (χ0) is 14.3. The molecule has 0 aliphatic rings. The van der Waals surface area contributed by atoms with E-state index in [1.807, 2.05) is 47.9 Å². The first-order valence-electron chi connectivity index (χ1n) is 6.24. The molecule has 3 rings (SSSR count). The van der Waals surface area contributed by atoms with Crippen molar-refractivity contribution in [2.24, 2.45) is 0 Å². The van der Waals surface area contributed by atoms with E-state index in [0.29, 0.717) is 5.56 Å². The number of aldehydes is 1. The van der Waals surface area contributed by atoms with Gasteiger partial charge in [-0.05, 0) is 25.1 Å². The molecule has 0 saturated carbocycles. The van der Waals surface area contributed by atoms with Crippen molar-refractivity contribution in [2.75, 3.05) is 7.11 Å². The fourth-order valence-electron chi connectivity index (χ4n) is 2.55. The number of thiocarbonyl (C=S) groups is 1. The standard InChI is InChI=1S/C16H13NO2S/c1-10(20)17-15-7-11(9-18)3-5-13(15)14-6-4-12(19-2)8-16(14)17/h3-9H,1-2H3. The fraction of sp³-hybridized carbons (Fsp3) is 0.125. The number of hydrogen-bond donors (Lipinski definition) is 0. The highest BCUT2D eigenvalue weighted by Crippen LogP contribution is 2.32. The molecule has 0 bridgehead atoms. The summed E-state index contributed by atoms with van der Waals surface area (Å²) in [6.45, 7) is 1.88. The molecule has 3 aromatic rings. The van der Waals surface area contributed by atoms with Crippen LogP contribution in [0.2, 0.25) is 0 Å². The van der Waals surface area contributed by atoms with Crippen LogP contribution in [0.15, 0.2) is 36.4 Å². The van der Waals surface area contributed by atoms with E-state index in [0.717, 1.165) is 38.8 Å². The van der Waals surface area contributed by atoms with Gasteiger partial charge in [-0.15, -0.1) is 0 Å². The normalized spacial score (nSPS) is 10.9. The number of aromatic nitrogens is 1. The molecule has 1 aromatic heterocycles. The second kappa shape index (κ2) is 4.72. The number of carbonyl (C=O) groups is 1. The Hall–Kier alpha value is -2.20. The van der Waals surface area contributed by atoms with Crippen molar-refractivity contribution < 1.29 is 9.53 Å². The Balaban J connectivity index is 2.51. The van der Waals surface area contributed by atoms with Gasteiger partial charge in [0.15, 0.2) is 0 Å². The Bertz CT molecular complexity index is 848. The third-order valence-electron chi connectivity index (χ3n) is 3.45. The average molecular weight is 283 g/mol. The van der Waals surface area contributed by atoms with Crippen molar-refractivity contribution in [1.29, 1.82) is 0 Å². The van der Waals surface area contributed by atoms with Gasteiger partial charge in [-0.3, -0.25) is 4.79 Å². The van der Waals surface area contributed by atoms with Gasteiger partial charge in [0.05, 0.1) is 23.1 Å². The maximum absolute atomic E-state index is 11.0. The largest absolute Gasteiger partial charge is 0.497 e. The van der Waals surface area contributed by atoms with Crippen LogP contribution in [0.1, 0.15) is 17.3 Å². The molecule has 0 unspecified atom stereocenters.